The zero-order valence-corrected chi connectivity index (χ0v) is 13.6. The second-order valence-electron chi connectivity index (χ2n) is 6.75. The maximum absolute atomic E-state index is 12.7. The average molecular weight is 345 g/mol. The number of ether oxygens (including phenoxy) is 1. The minimum atomic E-state index is -4.45. The van der Waals surface area contributed by atoms with Crippen LogP contribution in [0.1, 0.15) is 49.9 Å². The van der Waals surface area contributed by atoms with Crippen LogP contribution in [-0.4, -0.2) is 46.8 Å². The molecule has 1 N–H and O–H groups in total. The summed E-state index contributed by atoms with van der Waals surface area (Å²) in [6.45, 7) is 3.37. The number of rotatable bonds is 5. The van der Waals surface area contributed by atoms with Gasteiger partial charge in [0, 0.05) is 24.7 Å². The molecule has 2 heterocycles. The fourth-order valence-electron chi connectivity index (χ4n) is 3.02. The largest absolute Gasteiger partial charge is 0.435 e. The molecule has 0 aromatic carbocycles. The van der Waals surface area contributed by atoms with Gasteiger partial charge in [0.15, 0.2) is 5.69 Å². The van der Waals surface area contributed by atoms with Gasteiger partial charge in [0.25, 0.3) is 5.91 Å². The number of H-pyrrole nitrogens is 1. The zero-order chi connectivity index (χ0) is 17.3. The van der Waals surface area contributed by atoms with Crippen molar-refractivity contribution in [2.24, 2.45) is 5.92 Å². The van der Waals surface area contributed by atoms with E-state index >= 15 is 0 Å². The summed E-state index contributed by atoms with van der Waals surface area (Å²) in [6, 6.07) is 1.05. The van der Waals surface area contributed by atoms with Crippen LogP contribution in [0.15, 0.2) is 6.07 Å². The lowest BCUT2D eigenvalue weighted by Gasteiger charge is -2.33. The molecule has 1 aromatic rings. The Morgan fingerprint density at radius 1 is 1.46 bits per heavy atom. The first-order valence-electron chi connectivity index (χ1n) is 8.37. The molecular weight excluding hydrogens is 323 g/mol. The molecule has 5 nitrogen and oxygen atoms in total. The van der Waals surface area contributed by atoms with Crippen LogP contribution in [0, 0.1) is 5.92 Å². The molecule has 24 heavy (non-hydrogen) atoms. The number of likely N-dealkylation sites (tertiary alicyclic amines) is 1. The number of amides is 1. The van der Waals surface area contributed by atoms with Gasteiger partial charge < -0.3 is 9.64 Å². The molecule has 1 amide bonds. The van der Waals surface area contributed by atoms with E-state index in [9.17, 15) is 18.0 Å². The van der Waals surface area contributed by atoms with Gasteiger partial charge in [-0.25, -0.2) is 0 Å². The van der Waals surface area contributed by atoms with Crippen molar-refractivity contribution in [1.82, 2.24) is 15.1 Å². The summed E-state index contributed by atoms with van der Waals surface area (Å²) in [5.41, 5.74) is -0.478. The maximum Gasteiger partial charge on any atom is 0.435 e. The minimum absolute atomic E-state index is 0.0871. The molecule has 1 saturated carbocycles. The summed E-state index contributed by atoms with van der Waals surface area (Å²) in [7, 11) is 0. The van der Waals surface area contributed by atoms with E-state index in [1.807, 2.05) is 0 Å². The molecule has 0 bridgehead atoms. The van der Waals surface area contributed by atoms with Crippen LogP contribution in [0.3, 0.4) is 0 Å². The number of halogens is 3. The predicted octanol–water partition coefficient (Wildman–Crippen LogP) is 2.95. The van der Waals surface area contributed by atoms with Gasteiger partial charge >= 0.3 is 6.18 Å². The van der Waals surface area contributed by atoms with Crippen molar-refractivity contribution in [2.45, 2.75) is 50.8 Å². The fraction of sp³-hybridized carbons (Fsp3) is 0.750. The molecule has 3 rings (SSSR count). The molecule has 134 valence electrons. The quantitative estimate of drug-likeness (QED) is 0.893. The number of carbonyl (C=O) groups excluding carboxylic acids is 1. The second-order valence-corrected chi connectivity index (χ2v) is 6.75. The number of piperidine rings is 1. The normalized spacial score (nSPS) is 23.3. The third-order valence-electron chi connectivity index (χ3n) is 4.69. The maximum atomic E-state index is 12.7. The van der Waals surface area contributed by atoms with Gasteiger partial charge in [-0.1, -0.05) is 0 Å². The molecule has 1 aliphatic heterocycles. The van der Waals surface area contributed by atoms with Gasteiger partial charge in [-0.2, -0.15) is 18.3 Å². The number of nitrogens with one attached hydrogen (secondary N) is 1. The van der Waals surface area contributed by atoms with Crippen LogP contribution in [0.4, 0.5) is 13.2 Å². The lowest BCUT2D eigenvalue weighted by molar-refractivity contribution is -0.144. The second kappa shape index (κ2) is 6.74. The summed E-state index contributed by atoms with van der Waals surface area (Å²) in [5.74, 6) is 0.345. The Morgan fingerprint density at radius 3 is 2.83 bits per heavy atom. The van der Waals surface area contributed by atoms with Gasteiger partial charge in [0.1, 0.15) is 6.10 Å². The SMILES string of the molecule is CC(OCC1CC1)C(=O)N1CCCC(c2cc(C(F)(F)F)n[nH]2)C1. The summed E-state index contributed by atoms with van der Waals surface area (Å²) in [5, 5.41) is 5.83. The lowest BCUT2D eigenvalue weighted by atomic mass is 9.94. The van der Waals surface area contributed by atoms with Crippen LogP contribution in [0.25, 0.3) is 0 Å². The fourth-order valence-corrected chi connectivity index (χ4v) is 3.02. The molecule has 1 aliphatic carbocycles. The van der Waals surface area contributed by atoms with E-state index in [1.54, 1.807) is 11.8 Å². The summed E-state index contributed by atoms with van der Waals surface area (Å²) in [6.07, 6.45) is -1.14. The molecule has 1 saturated heterocycles. The summed E-state index contributed by atoms with van der Waals surface area (Å²) >= 11 is 0. The van der Waals surface area contributed by atoms with Crippen molar-refractivity contribution < 1.29 is 22.7 Å². The van der Waals surface area contributed by atoms with Gasteiger partial charge in [0.2, 0.25) is 0 Å². The highest BCUT2D eigenvalue weighted by molar-refractivity contribution is 5.80. The van der Waals surface area contributed by atoms with E-state index in [0.29, 0.717) is 31.3 Å². The first kappa shape index (κ1) is 17.3. The van der Waals surface area contributed by atoms with Gasteiger partial charge in [-0.05, 0) is 44.6 Å². The third kappa shape index (κ3) is 4.09. The Balaban J connectivity index is 1.58. The standard InChI is InChI=1S/C16H22F3N3O2/c1-10(24-9-11-4-5-11)15(23)22-6-2-3-12(8-22)13-7-14(21-20-13)16(17,18)19/h7,10-12H,2-6,8-9H2,1H3,(H,20,21). The third-order valence-corrected chi connectivity index (χ3v) is 4.69. The Labute approximate surface area is 138 Å². The highest BCUT2D eigenvalue weighted by Gasteiger charge is 2.36. The van der Waals surface area contributed by atoms with E-state index in [4.69, 9.17) is 4.74 Å². The zero-order valence-electron chi connectivity index (χ0n) is 13.6. The van der Waals surface area contributed by atoms with Crippen LogP contribution >= 0.6 is 0 Å². The van der Waals surface area contributed by atoms with Gasteiger partial charge in [-0.3, -0.25) is 9.89 Å². The van der Waals surface area contributed by atoms with Crippen molar-refractivity contribution >= 4 is 5.91 Å². The van der Waals surface area contributed by atoms with E-state index < -0.39 is 18.0 Å². The number of hydrogen-bond acceptors (Lipinski definition) is 3. The Kier molecular flexibility index (Phi) is 4.85. The molecule has 8 heteroatoms. The van der Waals surface area contributed by atoms with Crippen molar-refractivity contribution in [3.05, 3.63) is 17.5 Å². The highest BCUT2D eigenvalue weighted by Crippen LogP contribution is 2.32. The molecule has 0 radical (unpaired) electrons. The molecule has 0 spiro atoms. The van der Waals surface area contributed by atoms with Crippen LogP contribution < -0.4 is 0 Å². The number of carbonyl (C=O) groups is 1. The smallest absolute Gasteiger partial charge is 0.368 e. The van der Waals surface area contributed by atoms with E-state index in [0.717, 1.165) is 31.7 Å². The Hall–Kier alpha value is -1.57. The summed E-state index contributed by atoms with van der Waals surface area (Å²) < 4.78 is 43.6. The van der Waals surface area contributed by atoms with E-state index in [1.165, 1.54) is 0 Å². The van der Waals surface area contributed by atoms with Crippen molar-refractivity contribution in [3.63, 3.8) is 0 Å². The molecule has 2 fully saturated rings. The molecule has 2 aliphatic rings. The van der Waals surface area contributed by atoms with Crippen LogP contribution in [0.5, 0.6) is 0 Å². The number of alkyl halides is 3. The summed E-state index contributed by atoms with van der Waals surface area (Å²) in [4.78, 5) is 14.2. The van der Waals surface area contributed by atoms with Gasteiger partial charge in [-0.15, -0.1) is 0 Å². The molecule has 2 atom stereocenters. The van der Waals surface area contributed by atoms with E-state index in [-0.39, 0.29) is 11.8 Å². The molecular formula is C16H22F3N3O2. The number of hydrogen-bond donors (Lipinski definition) is 1. The van der Waals surface area contributed by atoms with Crippen molar-refractivity contribution in [1.29, 1.82) is 0 Å². The first-order valence-corrected chi connectivity index (χ1v) is 8.37. The highest BCUT2D eigenvalue weighted by atomic mass is 19.4. The lowest BCUT2D eigenvalue weighted by Crippen LogP contribution is -2.44. The van der Waals surface area contributed by atoms with E-state index in [2.05, 4.69) is 10.2 Å². The number of aromatic amines is 1. The van der Waals surface area contributed by atoms with Crippen LogP contribution in [-0.2, 0) is 15.7 Å². The van der Waals surface area contributed by atoms with Crippen molar-refractivity contribution in [2.75, 3.05) is 19.7 Å². The number of nitrogens with zero attached hydrogens (tertiary/aromatic N) is 2. The average Bonchev–Trinajstić information content (AvgIpc) is 3.23. The molecule has 2 unspecified atom stereocenters. The Bertz CT molecular complexity index is 583. The molecule has 1 aromatic heterocycles. The topological polar surface area (TPSA) is 58.2 Å². The monoisotopic (exact) mass is 345 g/mol. The minimum Gasteiger partial charge on any atom is -0.368 e. The number of aromatic nitrogens is 2. The first-order chi connectivity index (χ1) is 11.3. The predicted molar refractivity (Wildman–Crippen MR) is 80.3 cm³/mol. The van der Waals surface area contributed by atoms with Gasteiger partial charge in [0.05, 0.1) is 6.61 Å². The van der Waals surface area contributed by atoms with Crippen molar-refractivity contribution in [3.8, 4) is 0 Å². The van der Waals surface area contributed by atoms with Crippen LogP contribution in [0.2, 0.25) is 0 Å². The Morgan fingerprint density at radius 2 is 2.21 bits per heavy atom.